The number of piperidine rings is 1. The normalized spacial score (nSPS) is 25.9. The summed E-state index contributed by atoms with van der Waals surface area (Å²) >= 11 is 0. The van der Waals surface area contributed by atoms with Gasteiger partial charge in [-0.15, -0.1) is 0 Å². The predicted octanol–water partition coefficient (Wildman–Crippen LogP) is 1.17. The number of fused-ring (bicyclic) bond motifs is 2. The Bertz CT molecular complexity index is 579. The Morgan fingerprint density at radius 1 is 1.35 bits per heavy atom. The number of rotatable bonds is 3. The molecule has 0 radical (unpaired) electrons. The zero-order valence-electron chi connectivity index (χ0n) is 14.2. The van der Waals surface area contributed by atoms with Crippen LogP contribution in [0.5, 0.6) is 0 Å². The Hall–Kier alpha value is -1.43. The molecule has 126 valence electrons. The largest absolute Gasteiger partial charge is 0.390 e. The van der Waals surface area contributed by atoms with E-state index in [1.54, 1.807) is 7.11 Å². The lowest BCUT2D eigenvalue weighted by atomic mass is 9.72. The second kappa shape index (κ2) is 6.23. The highest BCUT2D eigenvalue weighted by Crippen LogP contribution is 2.52. The molecule has 3 rings (SSSR count). The first-order valence-electron chi connectivity index (χ1n) is 8.22. The van der Waals surface area contributed by atoms with Gasteiger partial charge in [0.2, 0.25) is 5.91 Å². The monoisotopic (exact) mass is 318 g/mol. The highest BCUT2D eigenvalue weighted by Gasteiger charge is 2.53. The third kappa shape index (κ3) is 2.57. The van der Waals surface area contributed by atoms with E-state index in [4.69, 9.17) is 4.74 Å². The molecule has 0 saturated carbocycles. The summed E-state index contributed by atoms with van der Waals surface area (Å²) in [6.45, 7) is 1.48. The summed E-state index contributed by atoms with van der Waals surface area (Å²) < 4.78 is 4.95. The minimum atomic E-state index is -0.436. The van der Waals surface area contributed by atoms with Crippen molar-refractivity contribution in [2.75, 3.05) is 40.9 Å². The molecule has 2 aliphatic rings. The van der Waals surface area contributed by atoms with Crippen LogP contribution >= 0.6 is 0 Å². The van der Waals surface area contributed by atoms with E-state index in [1.165, 1.54) is 11.1 Å². The number of hydrogen-bond donors (Lipinski definition) is 1. The zero-order chi connectivity index (χ0) is 16.6. The number of aliphatic hydroxyl groups excluding tert-OH is 1. The highest BCUT2D eigenvalue weighted by molar-refractivity contribution is 5.77. The quantitative estimate of drug-likeness (QED) is 0.909. The average Bonchev–Trinajstić information content (AvgIpc) is 2.78. The van der Waals surface area contributed by atoms with Gasteiger partial charge in [-0.3, -0.25) is 4.79 Å². The van der Waals surface area contributed by atoms with Crippen molar-refractivity contribution in [3.05, 3.63) is 35.4 Å². The molecule has 1 aliphatic heterocycles. The molecule has 1 heterocycles. The Balaban J connectivity index is 1.87. The Morgan fingerprint density at radius 3 is 2.61 bits per heavy atom. The van der Waals surface area contributed by atoms with Gasteiger partial charge in [-0.1, -0.05) is 24.3 Å². The van der Waals surface area contributed by atoms with Crippen LogP contribution in [0.3, 0.4) is 0 Å². The highest BCUT2D eigenvalue weighted by atomic mass is 16.5. The van der Waals surface area contributed by atoms with E-state index in [-0.39, 0.29) is 24.0 Å². The van der Waals surface area contributed by atoms with Gasteiger partial charge in [0.15, 0.2) is 0 Å². The lowest BCUT2D eigenvalue weighted by Crippen LogP contribution is -2.51. The van der Waals surface area contributed by atoms with Crippen LogP contribution in [0.4, 0.5) is 0 Å². The van der Waals surface area contributed by atoms with Gasteiger partial charge in [0, 0.05) is 25.6 Å². The molecule has 1 aromatic carbocycles. The molecule has 23 heavy (non-hydrogen) atoms. The van der Waals surface area contributed by atoms with Gasteiger partial charge in [-0.05, 0) is 38.1 Å². The van der Waals surface area contributed by atoms with Gasteiger partial charge in [0.1, 0.15) is 6.61 Å². The molecule has 0 bridgehead atoms. The number of likely N-dealkylation sites (N-methyl/N-ethyl adjacent to an activating group) is 1. The van der Waals surface area contributed by atoms with Crippen molar-refractivity contribution >= 4 is 5.91 Å². The lowest BCUT2D eigenvalue weighted by Gasteiger charge is -2.43. The fourth-order valence-electron chi connectivity index (χ4n) is 4.34. The smallest absolute Gasteiger partial charge is 0.248 e. The van der Waals surface area contributed by atoms with Gasteiger partial charge >= 0.3 is 0 Å². The lowest BCUT2D eigenvalue weighted by molar-refractivity contribution is -0.137. The molecule has 0 aromatic heterocycles. The van der Waals surface area contributed by atoms with Crippen LogP contribution in [0.1, 0.15) is 30.0 Å². The van der Waals surface area contributed by atoms with Crippen molar-refractivity contribution in [1.82, 2.24) is 9.80 Å². The van der Waals surface area contributed by atoms with E-state index in [0.29, 0.717) is 13.1 Å². The number of nitrogens with zero attached hydrogens (tertiary/aromatic N) is 2. The number of methoxy groups -OCH3 is 1. The Kier molecular flexibility index (Phi) is 4.45. The molecule has 1 aromatic rings. The predicted molar refractivity (Wildman–Crippen MR) is 88.2 cm³/mol. The maximum absolute atomic E-state index is 12.0. The molecule has 1 amide bonds. The maximum Gasteiger partial charge on any atom is 0.248 e. The Labute approximate surface area is 137 Å². The third-order valence-electron chi connectivity index (χ3n) is 5.51. The van der Waals surface area contributed by atoms with Crippen molar-refractivity contribution in [2.45, 2.75) is 30.4 Å². The molecule has 1 N–H and O–H groups in total. The number of hydrogen-bond acceptors (Lipinski definition) is 4. The topological polar surface area (TPSA) is 53.0 Å². The van der Waals surface area contributed by atoms with Crippen LogP contribution in [0.25, 0.3) is 0 Å². The van der Waals surface area contributed by atoms with Gasteiger partial charge in [0.05, 0.1) is 12.1 Å². The van der Waals surface area contributed by atoms with E-state index in [0.717, 1.165) is 12.8 Å². The molecular weight excluding hydrogens is 292 g/mol. The summed E-state index contributed by atoms with van der Waals surface area (Å²) in [7, 11) is 5.57. The summed E-state index contributed by atoms with van der Waals surface area (Å²) in [5.74, 6) is 0.0345. The molecule has 5 heteroatoms. The fourth-order valence-corrected chi connectivity index (χ4v) is 4.34. The van der Waals surface area contributed by atoms with Crippen LogP contribution in [-0.2, 0) is 14.9 Å². The van der Waals surface area contributed by atoms with Crippen LogP contribution in [-0.4, -0.2) is 67.8 Å². The van der Waals surface area contributed by atoms with E-state index in [1.807, 2.05) is 31.1 Å². The summed E-state index contributed by atoms with van der Waals surface area (Å²) in [5.41, 5.74) is 2.24. The van der Waals surface area contributed by atoms with Crippen LogP contribution in [0.15, 0.2) is 24.3 Å². The average molecular weight is 318 g/mol. The number of aliphatic hydroxyl groups is 1. The second-order valence-electron chi connectivity index (χ2n) is 6.91. The Morgan fingerprint density at radius 2 is 2.00 bits per heavy atom. The summed E-state index contributed by atoms with van der Waals surface area (Å²) in [5, 5.41) is 11.1. The van der Waals surface area contributed by atoms with Gasteiger partial charge in [-0.2, -0.15) is 0 Å². The third-order valence-corrected chi connectivity index (χ3v) is 5.51. The van der Waals surface area contributed by atoms with Crippen molar-refractivity contribution in [3.63, 3.8) is 0 Å². The molecule has 1 saturated heterocycles. The van der Waals surface area contributed by atoms with Gasteiger partial charge in [0.25, 0.3) is 0 Å². The first kappa shape index (κ1) is 16.4. The number of likely N-dealkylation sites (tertiary alicyclic amines) is 1. The standard InChI is InChI=1S/C18H26N2O3/c1-19(2)16-13-6-4-5-7-14(13)18(17(16)22)8-10-20(11-9-18)15(21)12-23-3/h4-7,16-17,22H,8-12H2,1-3H3/t16-,17+/m1/s1. The van der Waals surface area contributed by atoms with Crippen molar-refractivity contribution < 1.29 is 14.6 Å². The first-order valence-corrected chi connectivity index (χ1v) is 8.22. The second-order valence-corrected chi connectivity index (χ2v) is 6.91. The van der Waals surface area contributed by atoms with Crippen LogP contribution in [0, 0.1) is 0 Å². The molecule has 2 atom stereocenters. The molecule has 5 nitrogen and oxygen atoms in total. The van der Waals surface area contributed by atoms with Gasteiger partial charge in [-0.25, -0.2) is 0 Å². The molecular formula is C18H26N2O3. The van der Waals surface area contributed by atoms with Crippen LogP contribution < -0.4 is 0 Å². The SMILES string of the molecule is COCC(=O)N1CCC2(CC1)c1ccccc1[C@@H](N(C)C)[C@@H]2O. The van der Waals surface area contributed by atoms with Crippen molar-refractivity contribution in [3.8, 4) is 0 Å². The van der Waals surface area contributed by atoms with Crippen molar-refractivity contribution in [1.29, 1.82) is 0 Å². The zero-order valence-corrected chi connectivity index (χ0v) is 14.2. The minimum absolute atomic E-state index is 0.0208. The van der Waals surface area contributed by atoms with E-state index in [9.17, 15) is 9.90 Å². The molecule has 1 spiro atoms. The number of amides is 1. The molecule has 0 unspecified atom stereocenters. The van der Waals surface area contributed by atoms with Crippen LogP contribution in [0.2, 0.25) is 0 Å². The summed E-state index contributed by atoms with van der Waals surface area (Å²) in [6, 6.07) is 8.38. The summed E-state index contributed by atoms with van der Waals surface area (Å²) in [4.78, 5) is 16.0. The maximum atomic E-state index is 12.0. The minimum Gasteiger partial charge on any atom is -0.390 e. The molecule has 1 aliphatic carbocycles. The van der Waals surface area contributed by atoms with E-state index in [2.05, 4.69) is 17.0 Å². The number of ether oxygens (including phenoxy) is 1. The number of carbonyl (C=O) groups is 1. The molecule has 1 fully saturated rings. The number of carbonyl (C=O) groups excluding carboxylic acids is 1. The van der Waals surface area contributed by atoms with Gasteiger partial charge < -0.3 is 19.6 Å². The summed E-state index contributed by atoms with van der Waals surface area (Å²) in [6.07, 6.45) is 1.16. The number of benzene rings is 1. The first-order chi connectivity index (χ1) is 11.0. The van der Waals surface area contributed by atoms with E-state index >= 15 is 0 Å². The van der Waals surface area contributed by atoms with E-state index < -0.39 is 6.10 Å². The van der Waals surface area contributed by atoms with Crippen molar-refractivity contribution in [2.24, 2.45) is 0 Å². The fraction of sp³-hybridized carbons (Fsp3) is 0.611.